The Morgan fingerprint density at radius 3 is 2.72 bits per heavy atom. The zero-order valence-corrected chi connectivity index (χ0v) is 14.6. The molecular formula is C18H22N6O. The first-order chi connectivity index (χ1) is 11.9. The number of hydrogen-bond acceptors (Lipinski definition) is 5. The van der Waals surface area contributed by atoms with E-state index in [0.717, 1.165) is 31.0 Å². The molecule has 0 saturated heterocycles. The fourth-order valence-electron chi connectivity index (χ4n) is 2.98. The number of nitrogens with zero attached hydrogens (tertiary/aromatic N) is 3. The minimum atomic E-state index is -0.264. The van der Waals surface area contributed by atoms with Crippen LogP contribution in [0, 0.1) is 23.7 Å². The molecule has 0 atom stereocenters. The predicted octanol–water partition coefficient (Wildman–Crippen LogP) is 2.64. The number of amides is 1. The molecule has 2 heterocycles. The SMILES string of the molecule is Cc1cc(/C(C=N)=C/C=N)nc2c(C(=O)NC(C)(C)C3CC3)ncn12. The molecule has 1 aliphatic carbocycles. The van der Waals surface area contributed by atoms with Gasteiger partial charge in [0.25, 0.3) is 5.91 Å². The normalized spacial score (nSPS) is 15.2. The first-order valence-corrected chi connectivity index (χ1v) is 8.26. The van der Waals surface area contributed by atoms with E-state index in [1.807, 2.05) is 26.8 Å². The molecule has 0 aromatic carbocycles. The topological polar surface area (TPSA) is 107 Å². The summed E-state index contributed by atoms with van der Waals surface area (Å²) in [5.74, 6) is 0.270. The van der Waals surface area contributed by atoms with E-state index in [9.17, 15) is 4.79 Å². The van der Waals surface area contributed by atoms with Crippen LogP contribution in [0.3, 0.4) is 0 Å². The van der Waals surface area contributed by atoms with Crippen LogP contribution in [-0.4, -0.2) is 38.2 Å². The molecule has 130 valence electrons. The van der Waals surface area contributed by atoms with Crippen molar-refractivity contribution >= 4 is 29.6 Å². The van der Waals surface area contributed by atoms with Gasteiger partial charge in [-0.3, -0.25) is 9.20 Å². The highest BCUT2D eigenvalue weighted by molar-refractivity contribution is 6.11. The molecule has 3 rings (SSSR count). The summed E-state index contributed by atoms with van der Waals surface area (Å²) in [6, 6.07) is 1.81. The first-order valence-electron chi connectivity index (χ1n) is 8.26. The minimum absolute atomic E-state index is 0.240. The van der Waals surface area contributed by atoms with Gasteiger partial charge in [-0.2, -0.15) is 0 Å². The Morgan fingerprint density at radius 1 is 1.40 bits per heavy atom. The molecule has 0 spiro atoms. The Kier molecular flexibility index (Phi) is 4.24. The summed E-state index contributed by atoms with van der Waals surface area (Å²) in [5.41, 5.74) is 2.37. The smallest absolute Gasteiger partial charge is 0.274 e. The number of allylic oxidation sites excluding steroid dienone is 2. The van der Waals surface area contributed by atoms with E-state index in [2.05, 4.69) is 15.3 Å². The maximum Gasteiger partial charge on any atom is 0.274 e. The lowest BCUT2D eigenvalue weighted by Crippen LogP contribution is -2.45. The molecule has 0 unspecified atom stereocenters. The summed E-state index contributed by atoms with van der Waals surface area (Å²) in [5, 5.41) is 17.8. The summed E-state index contributed by atoms with van der Waals surface area (Å²) >= 11 is 0. The van der Waals surface area contributed by atoms with E-state index >= 15 is 0 Å². The predicted molar refractivity (Wildman–Crippen MR) is 97.5 cm³/mol. The van der Waals surface area contributed by atoms with E-state index in [-0.39, 0.29) is 17.1 Å². The molecule has 2 aromatic rings. The average molecular weight is 338 g/mol. The highest BCUT2D eigenvalue weighted by atomic mass is 16.2. The molecule has 1 saturated carbocycles. The number of aryl methyl sites for hydroxylation is 1. The average Bonchev–Trinajstić information content (AvgIpc) is 3.33. The number of rotatable bonds is 6. The lowest BCUT2D eigenvalue weighted by Gasteiger charge is -2.25. The number of carbonyl (C=O) groups is 1. The van der Waals surface area contributed by atoms with Crippen molar-refractivity contribution < 1.29 is 4.79 Å². The number of aromatic nitrogens is 3. The molecule has 1 amide bonds. The van der Waals surface area contributed by atoms with Crippen LogP contribution in [0.4, 0.5) is 0 Å². The van der Waals surface area contributed by atoms with Gasteiger partial charge in [0.2, 0.25) is 0 Å². The van der Waals surface area contributed by atoms with Gasteiger partial charge in [0.15, 0.2) is 11.3 Å². The van der Waals surface area contributed by atoms with Crippen LogP contribution in [0.2, 0.25) is 0 Å². The lowest BCUT2D eigenvalue weighted by atomic mass is 9.98. The molecule has 0 aliphatic heterocycles. The van der Waals surface area contributed by atoms with Crippen molar-refractivity contribution in [3.63, 3.8) is 0 Å². The quantitative estimate of drug-likeness (QED) is 0.705. The van der Waals surface area contributed by atoms with Crippen LogP contribution >= 0.6 is 0 Å². The molecule has 2 aromatic heterocycles. The van der Waals surface area contributed by atoms with Crippen LogP contribution in [0.1, 0.15) is 48.6 Å². The summed E-state index contributed by atoms with van der Waals surface area (Å²) in [4.78, 5) is 21.5. The minimum Gasteiger partial charge on any atom is -0.345 e. The standard InChI is InChI=1S/C18H22N6O/c1-11-8-14(12(9-20)6-7-19)22-16-15(21-10-24(11)16)17(25)23-18(2,3)13-4-5-13/h6-10,13,19-20H,4-5H2,1-3H3,(H,23,25)/b12-6+,19-7?,20-9?. The van der Waals surface area contributed by atoms with Crippen LogP contribution in [0.15, 0.2) is 18.5 Å². The Morgan fingerprint density at radius 2 is 2.12 bits per heavy atom. The Labute approximate surface area is 146 Å². The van der Waals surface area contributed by atoms with Crippen molar-refractivity contribution in [1.29, 1.82) is 10.8 Å². The van der Waals surface area contributed by atoms with Gasteiger partial charge in [-0.05, 0) is 51.7 Å². The van der Waals surface area contributed by atoms with Crippen LogP contribution in [-0.2, 0) is 0 Å². The summed E-state index contributed by atoms with van der Waals surface area (Å²) in [6.07, 6.45) is 7.62. The molecule has 0 radical (unpaired) electrons. The number of hydrogen-bond donors (Lipinski definition) is 3. The lowest BCUT2D eigenvalue weighted by molar-refractivity contribution is 0.0900. The van der Waals surface area contributed by atoms with E-state index in [0.29, 0.717) is 22.8 Å². The molecule has 25 heavy (non-hydrogen) atoms. The molecule has 7 nitrogen and oxygen atoms in total. The van der Waals surface area contributed by atoms with Crippen molar-refractivity contribution in [2.75, 3.05) is 0 Å². The number of nitrogens with one attached hydrogen (secondary N) is 3. The monoisotopic (exact) mass is 338 g/mol. The maximum absolute atomic E-state index is 12.7. The highest BCUT2D eigenvalue weighted by Crippen LogP contribution is 2.39. The molecule has 1 fully saturated rings. The van der Waals surface area contributed by atoms with E-state index in [1.165, 1.54) is 6.08 Å². The number of imidazole rings is 1. The van der Waals surface area contributed by atoms with Gasteiger partial charge in [-0.25, -0.2) is 9.97 Å². The third-order valence-electron chi connectivity index (χ3n) is 4.66. The van der Waals surface area contributed by atoms with Crippen LogP contribution in [0.5, 0.6) is 0 Å². The van der Waals surface area contributed by atoms with E-state index in [1.54, 1.807) is 10.7 Å². The Bertz CT molecular complexity index is 888. The second kappa shape index (κ2) is 6.23. The van der Waals surface area contributed by atoms with Gasteiger partial charge in [-0.15, -0.1) is 0 Å². The van der Waals surface area contributed by atoms with Gasteiger partial charge in [0, 0.05) is 29.2 Å². The van der Waals surface area contributed by atoms with Crippen LogP contribution in [0.25, 0.3) is 11.2 Å². The zero-order chi connectivity index (χ0) is 18.2. The maximum atomic E-state index is 12.7. The third kappa shape index (κ3) is 3.22. The van der Waals surface area contributed by atoms with Gasteiger partial charge in [0.05, 0.1) is 5.69 Å². The van der Waals surface area contributed by atoms with Crippen LogP contribution < -0.4 is 5.32 Å². The van der Waals surface area contributed by atoms with E-state index in [4.69, 9.17) is 10.8 Å². The molecular weight excluding hydrogens is 316 g/mol. The Balaban J connectivity index is 2.03. The van der Waals surface area contributed by atoms with Gasteiger partial charge in [-0.1, -0.05) is 0 Å². The summed E-state index contributed by atoms with van der Waals surface area (Å²) in [7, 11) is 0. The van der Waals surface area contributed by atoms with Crippen molar-refractivity contribution in [2.24, 2.45) is 5.92 Å². The van der Waals surface area contributed by atoms with E-state index < -0.39 is 0 Å². The van der Waals surface area contributed by atoms with Gasteiger partial charge in [0.1, 0.15) is 6.33 Å². The third-order valence-corrected chi connectivity index (χ3v) is 4.66. The number of fused-ring (bicyclic) bond motifs is 1. The van der Waals surface area contributed by atoms with Crippen molar-refractivity contribution in [3.05, 3.63) is 35.6 Å². The second-order valence-corrected chi connectivity index (χ2v) is 6.95. The second-order valence-electron chi connectivity index (χ2n) is 6.95. The van der Waals surface area contributed by atoms with Gasteiger partial charge < -0.3 is 16.1 Å². The Hall–Kier alpha value is -2.83. The largest absolute Gasteiger partial charge is 0.345 e. The fraction of sp³-hybridized carbons (Fsp3) is 0.389. The first kappa shape index (κ1) is 17.0. The summed E-state index contributed by atoms with van der Waals surface area (Å²) < 4.78 is 1.76. The molecule has 1 aliphatic rings. The fourth-order valence-corrected chi connectivity index (χ4v) is 2.98. The molecule has 7 heteroatoms. The zero-order valence-electron chi connectivity index (χ0n) is 14.6. The molecule has 3 N–H and O–H groups in total. The van der Waals surface area contributed by atoms with Crippen molar-refractivity contribution in [1.82, 2.24) is 19.7 Å². The summed E-state index contributed by atoms with van der Waals surface area (Å²) in [6.45, 7) is 5.96. The highest BCUT2D eigenvalue weighted by Gasteiger charge is 2.39. The van der Waals surface area contributed by atoms with Gasteiger partial charge >= 0.3 is 0 Å². The van der Waals surface area contributed by atoms with Crippen molar-refractivity contribution in [3.8, 4) is 0 Å². The number of carbonyl (C=O) groups excluding carboxylic acids is 1. The van der Waals surface area contributed by atoms with Crippen molar-refractivity contribution in [2.45, 2.75) is 39.2 Å². The molecule has 0 bridgehead atoms.